The van der Waals surface area contributed by atoms with Crippen LogP contribution in [0.25, 0.3) is 0 Å². The number of hydrogen-bond acceptors (Lipinski definition) is 3. The lowest BCUT2D eigenvalue weighted by Gasteiger charge is -2.30. The Morgan fingerprint density at radius 1 is 1.00 bits per heavy atom. The molecule has 1 aromatic carbocycles. The minimum atomic E-state index is -0.159. The van der Waals surface area contributed by atoms with Crippen molar-refractivity contribution >= 4 is 17.5 Å². The Labute approximate surface area is 159 Å². The number of allylic oxidation sites excluding steroid dienone is 1. The Kier molecular flexibility index (Phi) is 5.01. The second-order valence-electron chi connectivity index (χ2n) is 7.13. The fourth-order valence-electron chi connectivity index (χ4n) is 3.75. The maximum absolute atomic E-state index is 12.8. The molecule has 0 saturated heterocycles. The van der Waals surface area contributed by atoms with Crippen molar-refractivity contribution in [3.8, 4) is 0 Å². The quantitative estimate of drug-likeness (QED) is 0.906. The van der Waals surface area contributed by atoms with Gasteiger partial charge < -0.3 is 10.2 Å². The number of carbonyl (C=O) groups excluding carboxylic acids is 2. The van der Waals surface area contributed by atoms with Crippen molar-refractivity contribution in [3.05, 3.63) is 71.1 Å². The Balaban J connectivity index is 1.48. The fraction of sp³-hybridized carbons (Fsp3) is 0.318. The summed E-state index contributed by atoms with van der Waals surface area (Å²) in [6, 6.07) is 9.35. The van der Waals surface area contributed by atoms with Crippen LogP contribution in [-0.2, 0) is 17.8 Å². The van der Waals surface area contributed by atoms with Gasteiger partial charge in [-0.15, -0.1) is 0 Å². The lowest BCUT2D eigenvalue weighted by atomic mass is 9.95. The predicted molar refractivity (Wildman–Crippen MR) is 104 cm³/mol. The van der Waals surface area contributed by atoms with Gasteiger partial charge in [0.25, 0.3) is 5.91 Å². The van der Waals surface area contributed by atoms with Crippen LogP contribution in [0.5, 0.6) is 0 Å². The molecule has 0 unspecified atom stereocenters. The number of carbonyl (C=O) groups is 2. The van der Waals surface area contributed by atoms with Gasteiger partial charge in [0.15, 0.2) is 0 Å². The number of anilines is 1. The van der Waals surface area contributed by atoms with Crippen molar-refractivity contribution < 1.29 is 9.59 Å². The summed E-state index contributed by atoms with van der Waals surface area (Å²) in [5.41, 5.74) is 4.65. The van der Waals surface area contributed by atoms with Crippen LogP contribution in [0.4, 0.5) is 5.69 Å². The van der Waals surface area contributed by atoms with Gasteiger partial charge in [0.05, 0.1) is 0 Å². The zero-order chi connectivity index (χ0) is 18.6. The monoisotopic (exact) mass is 361 g/mol. The molecule has 1 aliphatic carbocycles. The topological polar surface area (TPSA) is 62.3 Å². The van der Waals surface area contributed by atoms with E-state index in [-0.39, 0.29) is 11.8 Å². The molecule has 1 aliphatic heterocycles. The molecule has 2 aliphatic rings. The summed E-state index contributed by atoms with van der Waals surface area (Å²) in [5.74, 6) is 0.0139. The Morgan fingerprint density at radius 3 is 2.63 bits per heavy atom. The van der Waals surface area contributed by atoms with Gasteiger partial charge in [-0.3, -0.25) is 14.6 Å². The van der Waals surface area contributed by atoms with Gasteiger partial charge in [-0.25, -0.2) is 0 Å². The third kappa shape index (κ3) is 3.92. The van der Waals surface area contributed by atoms with E-state index in [0.29, 0.717) is 12.1 Å². The Morgan fingerprint density at radius 2 is 1.85 bits per heavy atom. The first-order chi connectivity index (χ1) is 13.2. The number of nitrogens with zero attached hydrogens (tertiary/aromatic N) is 2. The van der Waals surface area contributed by atoms with E-state index in [0.717, 1.165) is 49.1 Å². The normalized spacial score (nSPS) is 16.3. The summed E-state index contributed by atoms with van der Waals surface area (Å²) < 4.78 is 0. The van der Waals surface area contributed by atoms with Crippen LogP contribution < -0.4 is 5.32 Å². The van der Waals surface area contributed by atoms with Crippen LogP contribution in [0.1, 0.15) is 47.2 Å². The number of pyridine rings is 1. The largest absolute Gasteiger partial charge is 0.334 e. The van der Waals surface area contributed by atoms with Gasteiger partial charge in [-0.2, -0.15) is 0 Å². The highest BCUT2D eigenvalue weighted by atomic mass is 16.2. The van der Waals surface area contributed by atoms with E-state index in [1.54, 1.807) is 24.5 Å². The molecular formula is C22H23N3O2. The highest BCUT2D eigenvalue weighted by Gasteiger charge is 2.24. The molecule has 1 aromatic heterocycles. The second kappa shape index (κ2) is 7.74. The lowest BCUT2D eigenvalue weighted by Crippen LogP contribution is -2.37. The average molecular weight is 361 g/mol. The maximum atomic E-state index is 12.8. The average Bonchev–Trinajstić information content (AvgIpc) is 2.74. The molecule has 0 atom stereocenters. The molecule has 1 N–H and O–H groups in total. The van der Waals surface area contributed by atoms with Gasteiger partial charge in [-0.05, 0) is 67.5 Å². The molecule has 0 spiro atoms. The van der Waals surface area contributed by atoms with Gasteiger partial charge in [0, 0.05) is 42.3 Å². The molecule has 27 heavy (non-hydrogen) atoms. The van der Waals surface area contributed by atoms with Gasteiger partial charge in [-0.1, -0.05) is 12.1 Å². The lowest BCUT2D eigenvalue weighted by molar-refractivity contribution is -0.128. The number of benzene rings is 1. The highest BCUT2D eigenvalue weighted by molar-refractivity contribution is 6.04. The van der Waals surface area contributed by atoms with Crippen molar-refractivity contribution in [2.75, 3.05) is 11.9 Å². The van der Waals surface area contributed by atoms with E-state index >= 15 is 0 Å². The molecule has 0 radical (unpaired) electrons. The van der Waals surface area contributed by atoms with E-state index in [1.165, 1.54) is 12.0 Å². The fourth-order valence-corrected chi connectivity index (χ4v) is 3.75. The third-order valence-corrected chi connectivity index (χ3v) is 5.27. The smallest absolute Gasteiger partial charge is 0.255 e. The molecule has 5 nitrogen and oxygen atoms in total. The second-order valence-corrected chi connectivity index (χ2v) is 7.13. The molecule has 5 heteroatoms. The zero-order valence-electron chi connectivity index (χ0n) is 15.3. The molecule has 2 heterocycles. The van der Waals surface area contributed by atoms with E-state index in [2.05, 4.69) is 22.4 Å². The molecule has 2 aromatic rings. The van der Waals surface area contributed by atoms with Crippen molar-refractivity contribution in [3.63, 3.8) is 0 Å². The molecule has 2 amide bonds. The number of aromatic nitrogens is 1. The number of rotatable bonds is 3. The first-order valence-electron chi connectivity index (χ1n) is 9.52. The third-order valence-electron chi connectivity index (χ3n) is 5.27. The summed E-state index contributed by atoms with van der Waals surface area (Å²) in [6.45, 7) is 1.36. The summed E-state index contributed by atoms with van der Waals surface area (Å²) in [7, 11) is 0. The standard InChI is InChI=1S/C22H23N3O2/c26-21(17-8-11-23-12-9-17)24-20-7-6-16-10-13-25(15-19(16)14-20)22(27)18-4-2-1-3-5-18/h4,6-9,11-12,14H,1-3,5,10,13,15H2,(H,24,26). The number of nitrogens with one attached hydrogen (secondary N) is 1. The SMILES string of the molecule is O=C(Nc1ccc2c(c1)CN(C(=O)C1=CCCCC1)CC2)c1ccncc1. The van der Waals surface area contributed by atoms with Gasteiger partial charge in [0.1, 0.15) is 0 Å². The van der Waals surface area contributed by atoms with E-state index in [4.69, 9.17) is 0 Å². The number of amides is 2. The van der Waals surface area contributed by atoms with Crippen molar-refractivity contribution in [1.82, 2.24) is 9.88 Å². The van der Waals surface area contributed by atoms with Crippen LogP contribution in [0.2, 0.25) is 0 Å². The predicted octanol–water partition coefficient (Wildman–Crippen LogP) is 3.72. The number of fused-ring (bicyclic) bond motifs is 1. The molecular weight excluding hydrogens is 338 g/mol. The van der Waals surface area contributed by atoms with Crippen molar-refractivity contribution in [2.45, 2.75) is 38.6 Å². The molecule has 0 saturated carbocycles. The summed E-state index contributed by atoms with van der Waals surface area (Å²) in [5, 5.41) is 2.93. The molecule has 0 bridgehead atoms. The van der Waals surface area contributed by atoms with Gasteiger partial charge >= 0.3 is 0 Å². The number of hydrogen-bond donors (Lipinski definition) is 1. The van der Waals surface area contributed by atoms with Crippen LogP contribution in [-0.4, -0.2) is 28.2 Å². The zero-order valence-corrected chi connectivity index (χ0v) is 15.3. The van der Waals surface area contributed by atoms with E-state index in [1.807, 2.05) is 17.0 Å². The molecule has 4 rings (SSSR count). The molecule has 0 fully saturated rings. The van der Waals surface area contributed by atoms with Crippen molar-refractivity contribution in [2.24, 2.45) is 0 Å². The van der Waals surface area contributed by atoms with Crippen LogP contribution in [0, 0.1) is 0 Å². The Bertz CT molecular complexity index is 890. The minimum Gasteiger partial charge on any atom is -0.334 e. The Hall–Kier alpha value is -2.95. The summed E-state index contributed by atoms with van der Waals surface area (Å²) in [4.78, 5) is 31.0. The first-order valence-corrected chi connectivity index (χ1v) is 9.52. The van der Waals surface area contributed by atoms with Crippen LogP contribution in [0.15, 0.2) is 54.4 Å². The maximum Gasteiger partial charge on any atom is 0.255 e. The first kappa shape index (κ1) is 17.5. The van der Waals surface area contributed by atoms with E-state index < -0.39 is 0 Å². The van der Waals surface area contributed by atoms with Gasteiger partial charge in [0.2, 0.25) is 5.91 Å². The minimum absolute atomic E-state index is 0.159. The molecule has 138 valence electrons. The summed E-state index contributed by atoms with van der Waals surface area (Å²) >= 11 is 0. The highest BCUT2D eigenvalue weighted by Crippen LogP contribution is 2.26. The van der Waals surface area contributed by atoms with Crippen LogP contribution >= 0.6 is 0 Å². The van der Waals surface area contributed by atoms with Crippen LogP contribution in [0.3, 0.4) is 0 Å². The van der Waals surface area contributed by atoms with E-state index in [9.17, 15) is 9.59 Å². The summed E-state index contributed by atoms with van der Waals surface area (Å²) in [6.07, 6.45) is 10.4. The van der Waals surface area contributed by atoms with Crippen molar-refractivity contribution in [1.29, 1.82) is 0 Å².